The molecule has 0 unspecified atom stereocenters. The molecule has 1 aromatic rings. The summed E-state index contributed by atoms with van der Waals surface area (Å²) in [6, 6.07) is -1.17. The minimum atomic E-state index is -1.22. The topological polar surface area (TPSA) is 109 Å². The largest absolute Gasteiger partial charge is 0.480 e. The van der Waals surface area contributed by atoms with Crippen molar-refractivity contribution in [1.29, 1.82) is 0 Å². The second kappa shape index (κ2) is 6.53. The standard InChI is InChI=1S/C11H13ClN2O4S/c1-5-4-19-9(8(5)12)10(16)14-6(11(17)18)2-3-7(13)15/h4,6H,2-3H2,1H3,(H2,13,15)(H,14,16)(H,17,18)/t6-/m0/s1. The van der Waals surface area contributed by atoms with Gasteiger partial charge in [0.15, 0.2) is 0 Å². The van der Waals surface area contributed by atoms with E-state index in [1.54, 1.807) is 12.3 Å². The Morgan fingerprint density at radius 3 is 2.58 bits per heavy atom. The Morgan fingerprint density at radius 1 is 1.53 bits per heavy atom. The molecule has 0 saturated heterocycles. The SMILES string of the molecule is Cc1csc(C(=O)N[C@@H](CCC(N)=O)C(=O)O)c1Cl. The summed E-state index contributed by atoms with van der Waals surface area (Å²) < 4.78 is 0. The van der Waals surface area contributed by atoms with Crippen LogP contribution < -0.4 is 11.1 Å². The molecule has 1 atom stereocenters. The third-order valence-corrected chi connectivity index (χ3v) is 4.08. The molecule has 104 valence electrons. The number of carbonyl (C=O) groups is 3. The van der Waals surface area contributed by atoms with Gasteiger partial charge in [-0.1, -0.05) is 11.6 Å². The summed E-state index contributed by atoms with van der Waals surface area (Å²) in [6.07, 6.45) is -0.174. The summed E-state index contributed by atoms with van der Waals surface area (Å²) in [5.41, 5.74) is 5.70. The zero-order valence-corrected chi connectivity index (χ0v) is 11.7. The number of aryl methyl sites for hydroxylation is 1. The van der Waals surface area contributed by atoms with E-state index >= 15 is 0 Å². The molecule has 0 aliphatic heterocycles. The zero-order valence-electron chi connectivity index (χ0n) is 10.1. The number of aliphatic carboxylic acids is 1. The molecule has 0 saturated carbocycles. The smallest absolute Gasteiger partial charge is 0.326 e. The van der Waals surface area contributed by atoms with E-state index in [-0.39, 0.29) is 17.7 Å². The number of primary amides is 1. The van der Waals surface area contributed by atoms with Crippen LogP contribution in [0.2, 0.25) is 5.02 Å². The highest BCUT2D eigenvalue weighted by atomic mass is 35.5. The van der Waals surface area contributed by atoms with Crippen LogP contribution in [0.4, 0.5) is 0 Å². The van der Waals surface area contributed by atoms with Gasteiger partial charge in [-0.3, -0.25) is 9.59 Å². The number of thiophene rings is 1. The number of rotatable bonds is 6. The van der Waals surface area contributed by atoms with Gasteiger partial charge in [0, 0.05) is 6.42 Å². The molecule has 8 heteroatoms. The minimum absolute atomic E-state index is 0.0572. The Kier molecular flexibility index (Phi) is 5.31. The monoisotopic (exact) mass is 304 g/mol. The maximum Gasteiger partial charge on any atom is 0.326 e. The molecular formula is C11H13ClN2O4S. The number of hydrogen-bond acceptors (Lipinski definition) is 4. The molecule has 1 aromatic heterocycles. The van der Waals surface area contributed by atoms with Crippen LogP contribution in [0.25, 0.3) is 0 Å². The molecule has 0 aromatic carbocycles. The summed E-state index contributed by atoms with van der Waals surface area (Å²) in [4.78, 5) is 33.7. The van der Waals surface area contributed by atoms with E-state index in [9.17, 15) is 14.4 Å². The predicted octanol–water partition coefficient (Wildman–Crippen LogP) is 1.16. The van der Waals surface area contributed by atoms with E-state index in [2.05, 4.69) is 5.32 Å². The Morgan fingerprint density at radius 2 is 2.16 bits per heavy atom. The second-order valence-electron chi connectivity index (χ2n) is 3.93. The molecule has 0 bridgehead atoms. The predicted molar refractivity (Wildman–Crippen MR) is 71.4 cm³/mol. The van der Waals surface area contributed by atoms with Crippen molar-refractivity contribution in [3.05, 3.63) is 20.8 Å². The first-order valence-corrected chi connectivity index (χ1v) is 6.64. The number of amides is 2. The van der Waals surface area contributed by atoms with Gasteiger partial charge in [-0.25, -0.2) is 4.79 Å². The van der Waals surface area contributed by atoms with Crippen LogP contribution in [0.3, 0.4) is 0 Å². The minimum Gasteiger partial charge on any atom is -0.480 e. The Bertz CT molecular complexity index is 515. The summed E-state index contributed by atoms with van der Waals surface area (Å²) in [7, 11) is 0. The molecular weight excluding hydrogens is 292 g/mol. The molecule has 4 N–H and O–H groups in total. The van der Waals surface area contributed by atoms with Crippen LogP contribution in [0.15, 0.2) is 5.38 Å². The van der Waals surface area contributed by atoms with Crippen molar-refractivity contribution in [2.75, 3.05) is 0 Å². The van der Waals surface area contributed by atoms with E-state index in [4.69, 9.17) is 22.4 Å². The highest BCUT2D eigenvalue weighted by Gasteiger charge is 2.23. The van der Waals surface area contributed by atoms with Crippen molar-refractivity contribution in [1.82, 2.24) is 5.32 Å². The Labute approximate surface area is 118 Å². The van der Waals surface area contributed by atoms with Gasteiger partial charge >= 0.3 is 5.97 Å². The highest BCUT2D eigenvalue weighted by molar-refractivity contribution is 7.13. The molecule has 0 aliphatic carbocycles. The molecule has 1 heterocycles. The van der Waals surface area contributed by atoms with Gasteiger partial charge < -0.3 is 16.2 Å². The molecule has 0 spiro atoms. The number of hydrogen-bond donors (Lipinski definition) is 3. The van der Waals surface area contributed by atoms with Gasteiger partial charge in [0.05, 0.1) is 5.02 Å². The summed E-state index contributed by atoms with van der Waals surface area (Å²) >= 11 is 7.06. The van der Waals surface area contributed by atoms with Crippen molar-refractivity contribution in [2.45, 2.75) is 25.8 Å². The van der Waals surface area contributed by atoms with E-state index in [1.807, 2.05) is 0 Å². The first-order valence-electron chi connectivity index (χ1n) is 5.38. The number of carbonyl (C=O) groups excluding carboxylic acids is 2. The first kappa shape index (κ1) is 15.5. The average molecular weight is 305 g/mol. The van der Waals surface area contributed by atoms with Gasteiger partial charge in [-0.15, -0.1) is 11.3 Å². The van der Waals surface area contributed by atoms with Crippen LogP contribution in [0.1, 0.15) is 28.1 Å². The van der Waals surface area contributed by atoms with Crippen LogP contribution >= 0.6 is 22.9 Å². The average Bonchev–Trinajstić information content (AvgIpc) is 2.64. The molecule has 0 aliphatic rings. The lowest BCUT2D eigenvalue weighted by Crippen LogP contribution is -2.41. The highest BCUT2D eigenvalue weighted by Crippen LogP contribution is 2.27. The second-order valence-corrected chi connectivity index (χ2v) is 5.19. The molecule has 0 fully saturated rings. The summed E-state index contributed by atoms with van der Waals surface area (Å²) in [5, 5.41) is 13.3. The maximum absolute atomic E-state index is 11.9. The van der Waals surface area contributed by atoms with Crippen molar-refractivity contribution < 1.29 is 19.5 Å². The molecule has 1 rings (SSSR count). The maximum atomic E-state index is 11.9. The van der Waals surface area contributed by atoms with E-state index in [0.717, 1.165) is 16.9 Å². The van der Waals surface area contributed by atoms with Gasteiger partial charge in [0.1, 0.15) is 10.9 Å². The number of carboxylic acid groups (broad SMARTS) is 1. The lowest BCUT2D eigenvalue weighted by Gasteiger charge is -2.13. The number of nitrogens with one attached hydrogen (secondary N) is 1. The third-order valence-electron chi connectivity index (χ3n) is 2.39. The third kappa shape index (κ3) is 4.22. The molecule has 2 amide bonds. The van der Waals surface area contributed by atoms with Gasteiger partial charge in [0.25, 0.3) is 5.91 Å². The fourth-order valence-electron chi connectivity index (χ4n) is 1.35. The first-order chi connectivity index (χ1) is 8.82. The normalized spacial score (nSPS) is 11.9. The fourth-order valence-corrected chi connectivity index (χ4v) is 2.53. The summed E-state index contributed by atoms with van der Waals surface area (Å²) in [6.45, 7) is 1.75. The van der Waals surface area contributed by atoms with Crippen molar-refractivity contribution in [2.24, 2.45) is 5.73 Å². The Balaban J connectivity index is 2.74. The number of nitrogens with two attached hydrogens (primary N) is 1. The van der Waals surface area contributed by atoms with Gasteiger partial charge in [-0.05, 0) is 24.3 Å². The van der Waals surface area contributed by atoms with Gasteiger partial charge in [-0.2, -0.15) is 0 Å². The number of halogens is 1. The molecule has 6 nitrogen and oxygen atoms in total. The van der Waals surface area contributed by atoms with E-state index in [1.165, 1.54) is 0 Å². The summed E-state index contributed by atoms with van der Waals surface area (Å²) in [5.74, 6) is -2.41. The van der Waals surface area contributed by atoms with E-state index < -0.39 is 23.8 Å². The van der Waals surface area contributed by atoms with Crippen LogP contribution in [-0.4, -0.2) is 28.9 Å². The zero-order chi connectivity index (χ0) is 14.6. The van der Waals surface area contributed by atoms with Crippen molar-refractivity contribution in [3.63, 3.8) is 0 Å². The fraction of sp³-hybridized carbons (Fsp3) is 0.364. The lowest BCUT2D eigenvalue weighted by atomic mass is 10.1. The van der Waals surface area contributed by atoms with Crippen LogP contribution in [0, 0.1) is 6.92 Å². The van der Waals surface area contributed by atoms with Crippen molar-refractivity contribution >= 4 is 40.7 Å². The Hall–Kier alpha value is -1.60. The van der Waals surface area contributed by atoms with Crippen molar-refractivity contribution in [3.8, 4) is 0 Å². The number of carboxylic acids is 1. The molecule has 19 heavy (non-hydrogen) atoms. The van der Waals surface area contributed by atoms with Gasteiger partial charge in [0.2, 0.25) is 5.91 Å². The lowest BCUT2D eigenvalue weighted by molar-refractivity contribution is -0.139. The molecule has 0 radical (unpaired) electrons. The quantitative estimate of drug-likeness (QED) is 0.732. The van der Waals surface area contributed by atoms with Crippen LogP contribution in [0.5, 0.6) is 0 Å². The van der Waals surface area contributed by atoms with Crippen LogP contribution in [-0.2, 0) is 9.59 Å². The van der Waals surface area contributed by atoms with E-state index in [0.29, 0.717) is 5.02 Å².